The molecule has 3 rings (SSSR count). The Kier molecular flexibility index (Phi) is 3.54. The number of methoxy groups -OCH3 is 1. The fourth-order valence-corrected chi connectivity index (χ4v) is 3.10. The number of allylic oxidation sites excluding steroid dienone is 2. The molecule has 0 N–H and O–H groups in total. The molecule has 0 bridgehead atoms. The summed E-state index contributed by atoms with van der Waals surface area (Å²) in [6, 6.07) is 12.5. The van der Waals surface area contributed by atoms with Gasteiger partial charge in [-0.1, -0.05) is 25.1 Å². The zero-order valence-electron chi connectivity index (χ0n) is 12.8. The average Bonchev–Trinajstić information content (AvgIpc) is 2.52. The van der Waals surface area contributed by atoms with Crippen molar-refractivity contribution < 1.29 is 9.53 Å². The molecule has 0 aromatic heterocycles. The third-order valence-corrected chi connectivity index (χ3v) is 4.49. The molecule has 108 valence electrons. The van der Waals surface area contributed by atoms with Gasteiger partial charge in [0.2, 0.25) is 0 Å². The van der Waals surface area contributed by atoms with Gasteiger partial charge >= 0.3 is 0 Å². The summed E-state index contributed by atoms with van der Waals surface area (Å²) in [5.74, 6) is 1.33. The number of ketones is 1. The second-order valence-corrected chi connectivity index (χ2v) is 5.84. The van der Waals surface area contributed by atoms with Crippen molar-refractivity contribution in [3.05, 3.63) is 47.5 Å². The molecule has 0 radical (unpaired) electrons. The first kappa shape index (κ1) is 13.9. The van der Waals surface area contributed by atoms with Crippen LogP contribution in [-0.4, -0.2) is 12.9 Å². The first-order valence-electron chi connectivity index (χ1n) is 7.42. The highest BCUT2D eigenvalue weighted by atomic mass is 16.5. The lowest BCUT2D eigenvalue weighted by molar-refractivity contribution is -0.119. The van der Waals surface area contributed by atoms with Crippen LogP contribution in [0, 0.1) is 5.92 Å². The van der Waals surface area contributed by atoms with Crippen LogP contribution in [-0.2, 0) is 4.79 Å². The predicted octanol–water partition coefficient (Wildman–Crippen LogP) is 4.62. The highest BCUT2D eigenvalue weighted by Gasteiger charge is 2.24. The molecule has 2 heteroatoms. The Morgan fingerprint density at radius 1 is 1.10 bits per heavy atom. The van der Waals surface area contributed by atoms with Gasteiger partial charge in [-0.3, -0.25) is 4.79 Å². The predicted molar refractivity (Wildman–Crippen MR) is 86.5 cm³/mol. The van der Waals surface area contributed by atoms with Gasteiger partial charge in [0.15, 0.2) is 5.78 Å². The molecule has 0 heterocycles. The Labute approximate surface area is 125 Å². The lowest BCUT2D eigenvalue weighted by Crippen LogP contribution is -2.18. The van der Waals surface area contributed by atoms with E-state index in [0.29, 0.717) is 5.78 Å². The molecule has 1 aliphatic carbocycles. The van der Waals surface area contributed by atoms with Crippen molar-refractivity contribution in [3.8, 4) is 5.75 Å². The Morgan fingerprint density at radius 2 is 1.81 bits per heavy atom. The van der Waals surface area contributed by atoms with Crippen molar-refractivity contribution in [1.82, 2.24) is 0 Å². The smallest absolute Gasteiger partial charge is 0.161 e. The summed E-state index contributed by atoms with van der Waals surface area (Å²) < 4.78 is 5.26. The van der Waals surface area contributed by atoms with Gasteiger partial charge in [-0.2, -0.15) is 0 Å². The Hall–Kier alpha value is -2.09. The van der Waals surface area contributed by atoms with Crippen LogP contribution >= 0.6 is 0 Å². The topological polar surface area (TPSA) is 26.3 Å². The molecular formula is C19H20O2. The van der Waals surface area contributed by atoms with Crippen LogP contribution in [0.3, 0.4) is 0 Å². The minimum atomic E-state index is 0.165. The van der Waals surface area contributed by atoms with Gasteiger partial charge in [0.05, 0.1) is 7.11 Å². The van der Waals surface area contributed by atoms with Crippen molar-refractivity contribution in [3.63, 3.8) is 0 Å². The Bertz CT molecular complexity index is 740. The number of benzene rings is 2. The van der Waals surface area contributed by atoms with Crippen LogP contribution in [0.15, 0.2) is 42.0 Å². The van der Waals surface area contributed by atoms with E-state index in [9.17, 15) is 4.79 Å². The van der Waals surface area contributed by atoms with Gasteiger partial charge in [0.25, 0.3) is 0 Å². The monoisotopic (exact) mass is 280 g/mol. The number of rotatable bonds is 2. The molecule has 2 nitrogen and oxygen atoms in total. The van der Waals surface area contributed by atoms with Gasteiger partial charge < -0.3 is 4.74 Å². The molecule has 0 saturated heterocycles. The first-order chi connectivity index (χ1) is 10.1. The summed E-state index contributed by atoms with van der Waals surface area (Å²) in [6.07, 6.45) is 1.94. The number of carbonyl (C=O) groups excluding carboxylic acids is 1. The summed E-state index contributed by atoms with van der Waals surface area (Å²) in [5.41, 5.74) is 3.31. The lowest BCUT2D eigenvalue weighted by atomic mass is 9.81. The quantitative estimate of drug-likeness (QED) is 0.802. The van der Waals surface area contributed by atoms with Crippen LogP contribution in [0.5, 0.6) is 5.75 Å². The normalized spacial score (nSPS) is 19.2. The van der Waals surface area contributed by atoms with E-state index in [-0.39, 0.29) is 5.92 Å². The second kappa shape index (κ2) is 5.36. The molecule has 0 amide bonds. The zero-order chi connectivity index (χ0) is 15.0. The maximum Gasteiger partial charge on any atom is 0.161 e. The molecule has 0 fully saturated rings. The molecule has 0 saturated carbocycles. The van der Waals surface area contributed by atoms with Crippen molar-refractivity contribution >= 4 is 22.1 Å². The SMILES string of the molecule is COc1ccc2cc(C3=C(C)C(=O)C(C)CC3)ccc2c1. The van der Waals surface area contributed by atoms with E-state index in [2.05, 4.69) is 24.3 Å². The van der Waals surface area contributed by atoms with Crippen LogP contribution in [0.4, 0.5) is 0 Å². The standard InChI is InChI=1S/C19H20O2/c1-12-4-9-18(13(2)19(12)20)16-6-5-15-11-17(21-3)8-7-14(15)10-16/h5-8,10-12H,4,9H2,1-3H3. The highest BCUT2D eigenvalue weighted by Crippen LogP contribution is 2.34. The van der Waals surface area contributed by atoms with Crippen LogP contribution in [0.2, 0.25) is 0 Å². The van der Waals surface area contributed by atoms with Crippen molar-refractivity contribution in [1.29, 1.82) is 0 Å². The van der Waals surface area contributed by atoms with Crippen molar-refractivity contribution in [2.75, 3.05) is 7.11 Å². The summed E-state index contributed by atoms with van der Waals surface area (Å²) in [6.45, 7) is 3.99. The van der Waals surface area contributed by atoms with E-state index in [0.717, 1.165) is 29.6 Å². The van der Waals surface area contributed by atoms with Crippen LogP contribution < -0.4 is 4.74 Å². The summed E-state index contributed by atoms with van der Waals surface area (Å²) >= 11 is 0. The lowest BCUT2D eigenvalue weighted by Gasteiger charge is -2.22. The molecule has 2 aromatic carbocycles. The fraction of sp³-hybridized carbons (Fsp3) is 0.316. The Morgan fingerprint density at radius 3 is 2.57 bits per heavy atom. The fourth-order valence-electron chi connectivity index (χ4n) is 3.10. The number of carbonyl (C=O) groups is 1. The van der Waals surface area contributed by atoms with Crippen molar-refractivity contribution in [2.24, 2.45) is 5.92 Å². The molecule has 1 aliphatic rings. The van der Waals surface area contributed by atoms with E-state index in [1.54, 1.807) is 7.11 Å². The summed E-state index contributed by atoms with van der Waals surface area (Å²) in [4.78, 5) is 12.2. The van der Waals surface area contributed by atoms with Crippen molar-refractivity contribution in [2.45, 2.75) is 26.7 Å². The number of hydrogen-bond donors (Lipinski definition) is 0. The average molecular weight is 280 g/mol. The van der Waals surface area contributed by atoms with Crippen LogP contribution in [0.1, 0.15) is 32.3 Å². The maximum atomic E-state index is 12.2. The molecular weight excluding hydrogens is 260 g/mol. The van der Waals surface area contributed by atoms with E-state index >= 15 is 0 Å². The van der Waals surface area contributed by atoms with E-state index in [1.165, 1.54) is 16.5 Å². The van der Waals surface area contributed by atoms with E-state index < -0.39 is 0 Å². The minimum Gasteiger partial charge on any atom is -0.497 e. The van der Waals surface area contributed by atoms with Gasteiger partial charge in [0.1, 0.15) is 5.75 Å². The van der Waals surface area contributed by atoms with Crippen LogP contribution in [0.25, 0.3) is 16.3 Å². The zero-order valence-corrected chi connectivity index (χ0v) is 12.8. The second-order valence-electron chi connectivity index (χ2n) is 5.84. The molecule has 0 aliphatic heterocycles. The molecule has 1 unspecified atom stereocenters. The minimum absolute atomic E-state index is 0.165. The number of Topliss-reactive ketones (excluding diaryl/α,β-unsaturated/α-hetero) is 1. The highest BCUT2D eigenvalue weighted by molar-refractivity contribution is 6.05. The van der Waals surface area contributed by atoms with Gasteiger partial charge in [-0.25, -0.2) is 0 Å². The molecule has 1 atom stereocenters. The summed E-state index contributed by atoms with van der Waals surface area (Å²) in [7, 11) is 1.68. The first-order valence-corrected chi connectivity index (χ1v) is 7.42. The molecule has 0 spiro atoms. The van der Waals surface area contributed by atoms with Gasteiger partial charge in [0, 0.05) is 5.92 Å². The number of ether oxygens (including phenoxy) is 1. The maximum absolute atomic E-state index is 12.2. The molecule has 21 heavy (non-hydrogen) atoms. The van der Waals surface area contributed by atoms with Gasteiger partial charge in [-0.05, 0) is 65.4 Å². The van der Waals surface area contributed by atoms with E-state index in [4.69, 9.17) is 4.74 Å². The number of fused-ring (bicyclic) bond motifs is 1. The summed E-state index contributed by atoms with van der Waals surface area (Å²) in [5, 5.41) is 2.34. The largest absolute Gasteiger partial charge is 0.497 e. The van der Waals surface area contributed by atoms with Gasteiger partial charge in [-0.15, -0.1) is 0 Å². The number of hydrogen-bond acceptors (Lipinski definition) is 2. The van der Waals surface area contributed by atoms with E-state index in [1.807, 2.05) is 26.0 Å². The molecule has 2 aromatic rings. The third kappa shape index (κ3) is 2.46. The Balaban J connectivity index is 2.07. The third-order valence-electron chi connectivity index (χ3n) is 4.49.